The summed E-state index contributed by atoms with van der Waals surface area (Å²) in [6.07, 6.45) is -0.208. The first-order valence-electron chi connectivity index (χ1n) is 13.4. The van der Waals surface area contributed by atoms with E-state index in [9.17, 15) is 23.1 Å². The molecule has 2 N–H and O–H groups in total. The lowest BCUT2D eigenvalue weighted by Gasteiger charge is -2.42. The number of benzene rings is 2. The number of rotatable bonds is 8. The molecule has 2 aliphatic rings. The molecule has 208 valence electrons. The van der Waals surface area contributed by atoms with Crippen LogP contribution in [0.5, 0.6) is 0 Å². The van der Waals surface area contributed by atoms with Crippen LogP contribution in [0.1, 0.15) is 66.0 Å². The second-order valence-electron chi connectivity index (χ2n) is 10.6. The summed E-state index contributed by atoms with van der Waals surface area (Å²) < 4.78 is 41.5. The van der Waals surface area contributed by atoms with Gasteiger partial charge in [0.05, 0.1) is 18.2 Å². The number of alkyl halides is 3. The van der Waals surface area contributed by atoms with E-state index >= 15 is 0 Å². The number of aromatic nitrogens is 4. The third-order valence-electron chi connectivity index (χ3n) is 8.08. The summed E-state index contributed by atoms with van der Waals surface area (Å²) >= 11 is 0. The fourth-order valence-corrected chi connectivity index (χ4v) is 5.49. The van der Waals surface area contributed by atoms with Gasteiger partial charge in [-0.3, -0.25) is 0 Å². The number of carbonyl (C=O) groups is 1. The van der Waals surface area contributed by atoms with Crippen molar-refractivity contribution in [1.82, 2.24) is 19.5 Å². The summed E-state index contributed by atoms with van der Waals surface area (Å²) in [5.74, 6) is -0.228. The van der Waals surface area contributed by atoms with Crippen molar-refractivity contribution in [3.63, 3.8) is 0 Å². The highest BCUT2D eigenvalue weighted by Crippen LogP contribution is 2.40. The normalized spacial score (nSPS) is 18.3. The third-order valence-corrected chi connectivity index (χ3v) is 8.08. The van der Waals surface area contributed by atoms with Crippen molar-refractivity contribution in [3.05, 3.63) is 77.1 Å². The largest absolute Gasteiger partial charge is 0.475 e. The van der Waals surface area contributed by atoms with Crippen LogP contribution in [0, 0.1) is 5.92 Å². The Hall–Kier alpha value is -4.15. The average Bonchev–Trinajstić information content (AvgIpc) is 3.20. The molecule has 2 aromatic carbocycles. The van der Waals surface area contributed by atoms with Crippen molar-refractivity contribution >= 4 is 28.9 Å². The van der Waals surface area contributed by atoms with Gasteiger partial charge in [-0.25, -0.2) is 14.8 Å². The summed E-state index contributed by atoms with van der Waals surface area (Å²) in [5, 5.41) is 13.2. The molecule has 3 heterocycles. The number of aromatic carboxylic acids is 1. The standard InChI is InChI=1S/C29H29F3N6O2/c1-17(19-8-5-9-19)33-24-23-25(35-26(34-24)27(39)40)36-28(37-15-14-22(37)20-6-3-2-4-7-20)38(23)16-18-10-12-21(13-11-18)29(30,31)32/h2-4,6-7,10-13,17,19,22H,5,8-9,14-16H2,1H3,(H,39,40)(H,33,34,35)/t17-,22?/m1/s1. The number of halogens is 3. The molecule has 2 aromatic heterocycles. The molecule has 1 unspecified atom stereocenters. The zero-order valence-electron chi connectivity index (χ0n) is 21.9. The number of nitrogens with one attached hydrogen (secondary N) is 1. The van der Waals surface area contributed by atoms with E-state index in [-0.39, 0.29) is 30.1 Å². The minimum absolute atomic E-state index is 0.0486. The Bertz CT molecular complexity index is 1530. The van der Waals surface area contributed by atoms with Crippen LogP contribution in [-0.4, -0.2) is 43.2 Å². The predicted molar refractivity (Wildman–Crippen MR) is 144 cm³/mol. The Kier molecular flexibility index (Phi) is 6.59. The molecule has 11 heteroatoms. The summed E-state index contributed by atoms with van der Waals surface area (Å²) in [6.45, 7) is 2.98. The van der Waals surface area contributed by atoms with E-state index < -0.39 is 17.7 Å². The number of hydrogen-bond donors (Lipinski definition) is 2. The van der Waals surface area contributed by atoms with Gasteiger partial charge in [0.1, 0.15) is 5.52 Å². The van der Waals surface area contributed by atoms with Gasteiger partial charge >= 0.3 is 12.1 Å². The Morgan fingerprint density at radius 3 is 2.35 bits per heavy atom. The highest BCUT2D eigenvalue weighted by atomic mass is 19.4. The van der Waals surface area contributed by atoms with E-state index in [2.05, 4.69) is 39.2 Å². The maximum Gasteiger partial charge on any atom is 0.416 e. The highest BCUT2D eigenvalue weighted by Gasteiger charge is 2.35. The number of carboxylic acid groups (broad SMARTS) is 1. The topological polar surface area (TPSA) is 96.2 Å². The van der Waals surface area contributed by atoms with E-state index in [0.29, 0.717) is 28.8 Å². The van der Waals surface area contributed by atoms with Gasteiger partial charge in [-0.15, -0.1) is 0 Å². The second-order valence-corrected chi connectivity index (χ2v) is 10.6. The van der Waals surface area contributed by atoms with E-state index in [1.54, 1.807) is 0 Å². The van der Waals surface area contributed by atoms with Gasteiger partial charge in [0.2, 0.25) is 11.8 Å². The molecule has 1 saturated heterocycles. The van der Waals surface area contributed by atoms with Crippen molar-refractivity contribution in [2.75, 3.05) is 16.8 Å². The van der Waals surface area contributed by atoms with Crippen LogP contribution in [0.2, 0.25) is 0 Å². The predicted octanol–water partition coefficient (Wildman–Crippen LogP) is 6.14. The van der Waals surface area contributed by atoms with Gasteiger partial charge in [-0.05, 0) is 55.4 Å². The van der Waals surface area contributed by atoms with Gasteiger partial charge in [-0.2, -0.15) is 18.2 Å². The number of hydrogen-bond acceptors (Lipinski definition) is 6. The van der Waals surface area contributed by atoms with Crippen LogP contribution in [0.4, 0.5) is 24.9 Å². The van der Waals surface area contributed by atoms with Crippen LogP contribution in [0.25, 0.3) is 11.2 Å². The van der Waals surface area contributed by atoms with Gasteiger partial charge in [0.15, 0.2) is 11.5 Å². The van der Waals surface area contributed by atoms with Crippen LogP contribution in [0.15, 0.2) is 54.6 Å². The third kappa shape index (κ3) is 4.84. The number of nitrogens with zero attached hydrogens (tertiary/aromatic N) is 5. The van der Waals surface area contributed by atoms with E-state index in [1.165, 1.54) is 12.1 Å². The molecule has 1 aliphatic carbocycles. The zero-order valence-corrected chi connectivity index (χ0v) is 21.9. The summed E-state index contributed by atoms with van der Waals surface area (Å²) in [4.78, 5) is 27.5. The number of fused-ring (bicyclic) bond motifs is 1. The molecular formula is C29H29F3N6O2. The molecular weight excluding hydrogens is 521 g/mol. The molecule has 4 aromatic rings. The fourth-order valence-electron chi connectivity index (χ4n) is 5.49. The number of imidazole rings is 1. The molecule has 2 atom stereocenters. The Morgan fingerprint density at radius 2 is 1.77 bits per heavy atom. The summed E-state index contributed by atoms with van der Waals surface area (Å²) in [5.41, 5.74) is 1.81. The van der Waals surface area contributed by atoms with Gasteiger partial charge in [-0.1, -0.05) is 48.9 Å². The molecule has 6 rings (SSSR count). The molecule has 0 spiro atoms. The lowest BCUT2D eigenvalue weighted by molar-refractivity contribution is -0.137. The van der Waals surface area contributed by atoms with Crippen molar-refractivity contribution in [1.29, 1.82) is 0 Å². The lowest BCUT2D eigenvalue weighted by atomic mass is 9.80. The zero-order chi connectivity index (χ0) is 28.0. The monoisotopic (exact) mass is 550 g/mol. The Morgan fingerprint density at radius 1 is 1.05 bits per heavy atom. The fraction of sp³-hybridized carbons (Fsp3) is 0.379. The summed E-state index contributed by atoms with van der Waals surface area (Å²) in [6, 6.07) is 15.2. The second kappa shape index (κ2) is 10.1. The molecule has 40 heavy (non-hydrogen) atoms. The molecule has 0 bridgehead atoms. The first-order valence-corrected chi connectivity index (χ1v) is 13.4. The average molecular weight is 551 g/mol. The number of anilines is 2. The van der Waals surface area contributed by atoms with Crippen molar-refractivity contribution in [3.8, 4) is 0 Å². The van der Waals surface area contributed by atoms with Crippen LogP contribution in [0.3, 0.4) is 0 Å². The first kappa shape index (κ1) is 26.1. The van der Waals surface area contributed by atoms with Gasteiger partial charge in [0, 0.05) is 12.6 Å². The van der Waals surface area contributed by atoms with Gasteiger partial charge < -0.3 is 19.9 Å². The molecule has 2 fully saturated rings. The minimum Gasteiger partial charge on any atom is -0.475 e. The SMILES string of the molecule is C[C@@H](Nc1nc(C(=O)O)nc2nc(N3CCC3c3ccccc3)n(Cc3ccc(C(F)(F)F)cc3)c12)C1CCC1. The van der Waals surface area contributed by atoms with E-state index in [0.717, 1.165) is 49.9 Å². The maximum absolute atomic E-state index is 13.2. The van der Waals surface area contributed by atoms with Crippen molar-refractivity contribution in [2.45, 2.75) is 57.4 Å². The molecule has 8 nitrogen and oxygen atoms in total. The molecule has 1 aliphatic heterocycles. The quantitative estimate of drug-likeness (QED) is 0.272. The van der Waals surface area contributed by atoms with Crippen molar-refractivity contribution in [2.24, 2.45) is 5.92 Å². The molecule has 0 radical (unpaired) electrons. The van der Waals surface area contributed by atoms with Crippen LogP contribution >= 0.6 is 0 Å². The minimum atomic E-state index is -4.43. The maximum atomic E-state index is 13.2. The molecule has 0 amide bonds. The Labute approximate surface area is 228 Å². The van der Waals surface area contributed by atoms with Gasteiger partial charge in [0.25, 0.3) is 0 Å². The summed E-state index contributed by atoms with van der Waals surface area (Å²) in [7, 11) is 0. The van der Waals surface area contributed by atoms with E-state index in [4.69, 9.17) is 4.98 Å². The smallest absolute Gasteiger partial charge is 0.416 e. The Balaban J connectivity index is 1.47. The highest BCUT2D eigenvalue weighted by molar-refractivity contribution is 5.92. The molecule has 1 saturated carbocycles. The first-order chi connectivity index (χ1) is 19.2. The van der Waals surface area contributed by atoms with Crippen LogP contribution < -0.4 is 10.2 Å². The number of carboxylic acids is 1. The van der Waals surface area contributed by atoms with Crippen LogP contribution in [-0.2, 0) is 12.7 Å². The van der Waals surface area contributed by atoms with E-state index in [1.807, 2.05) is 22.8 Å². The van der Waals surface area contributed by atoms with Crippen molar-refractivity contribution < 1.29 is 23.1 Å². The lowest BCUT2D eigenvalue weighted by Crippen LogP contribution is -2.42.